The summed E-state index contributed by atoms with van der Waals surface area (Å²) in [6.45, 7) is 2.95. The normalized spacial score (nSPS) is 36.2. The van der Waals surface area contributed by atoms with Crippen molar-refractivity contribution in [3.63, 3.8) is 0 Å². The van der Waals surface area contributed by atoms with E-state index in [0.29, 0.717) is 68.5 Å². The third-order valence-electron chi connectivity index (χ3n) is 18.6. The van der Waals surface area contributed by atoms with Crippen LogP contribution in [0.4, 0.5) is 0 Å². The number of aliphatic imine (C=N–C) groups is 1. The third kappa shape index (κ3) is 8.99. The molecule has 2 aromatic carbocycles. The van der Waals surface area contributed by atoms with E-state index in [-0.39, 0.29) is 57.2 Å². The van der Waals surface area contributed by atoms with Gasteiger partial charge in [0.15, 0.2) is 17.5 Å². The summed E-state index contributed by atoms with van der Waals surface area (Å²) in [7, 11) is 4.03. The van der Waals surface area contributed by atoms with E-state index in [1.807, 2.05) is 26.5 Å². The molecule has 12 heteroatoms. The number of benzene rings is 2. The van der Waals surface area contributed by atoms with Gasteiger partial charge in [0, 0.05) is 67.1 Å². The molecular formula is C54H76N4O6S2. The van der Waals surface area contributed by atoms with Gasteiger partial charge >= 0.3 is 5.97 Å². The first-order chi connectivity index (χ1) is 32.0. The Morgan fingerprint density at radius 2 is 1.71 bits per heavy atom. The quantitative estimate of drug-likeness (QED) is 0.170. The maximum atomic E-state index is 14.7. The minimum absolute atomic E-state index is 0.0710. The van der Waals surface area contributed by atoms with Gasteiger partial charge in [-0.1, -0.05) is 77.6 Å². The molecule has 0 unspecified atom stereocenters. The van der Waals surface area contributed by atoms with E-state index in [1.54, 1.807) is 0 Å². The molecule has 2 aromatic rings. The average molecular weight is 941 g/mol. The fourth-order valence-corrected chi connectivity index (χ4v) is 18.7. The number of ether oxygens (including phenoxy) is 2. The van der Waals surface area contributed by atoms with Crippen molar-refractivity contribution in [3.05, 3.63) is 58.7 Å². The summed E-state index contributed by atoms with van der Waals surface area (Å²) in [4.78, 5) is 34.6. The van der Waals surface area contributed by atoms with Gasteiger partial charge in [-0.3, -0.25) is 14.6 Å². The standard InChI is InChI=1S/C54H76N4O6S2/c1-36(59)64-52-27-21-38(45(60)31-52)14-6-3-9-29-65-66-54(26-11-25-51(54)23-7-8-24-51)57-50(55)56-33-42-18-20-44(37-12-4-2-5-13-37)53(42)32-47(61)58(35-53)34-41-30-40(22-28-52)43-19-17-39-15-10-16-46(39)63-49(43)48(41)62/h2,4-5,12-13,30,38-39,42,44-46,60,62H,3,6-11,14-29,31-35H2,1H3,(H3,55,56,57)/t38-,39-,42+,44+,45+,46-,52+,53+,54+/m0/s1. The maximum absolute atomic E-state index is 14.7. The Morgan fingerprint density at radius 3 is 2.53 bits per heavy atom. The molecule has 0 aromatic heterocycles. The van der Waals surface area contributed by atoms with Crippen LogP contribution in [-0.4, -0.2) is 74.5 Å². The summed E-state index contributed by atoms with van der Waals surface area (Å²) in [6.07, 6.45) is 23.1. The van der Waals surface area contributed by atoms with E-state index >= 15 is 0 Å². The lowest BCUT2D eigenvalue weighted by atomic mass is 9.68. The first-order valence-electron chi connectivity index (χ1n) is 26.1. The van der Waals surface area contributed by atoms with Crippen molar-refractivity contribution in [1.29, 1.82) is 0 Å². The monoisotopic (exact) mass is 941 g/mol. The van der Waals surface area contributed by atoms with Crippen molar-refractivity contribution in [2.75, 3.05) is 18.8 Å². The topological polar surface area (TPSA) is 147 Å². The highest BCUT2D eigenvalue weighted by Gasteiger charge is 2.58. The molecule has 4 aliphatic heterocycles. The van der Waals surface area contributed by atoms with Crippen LogP contribution < -0.4 is 15.8 Å². The fourth-order valence-electron chi connectivity index (χ4n) is 15.1. The number of amides is 1. The van der Waals surface area contributed by atoms with Gasteiger partial charge in [-0.2, -0.15) is 0 Å². The molecule has 5 aliphatic carbocycles. The van der Waals surface area contributed by atoms with Gasteiger partial charge < -0.3 is 35.6 Å². The molecule has 9 aliphatic rings. The van der Waals surface area contributed by atoms with E-state index in [2.05, 4.69) is 41.7 Å². The van der Waals surface area contributed by atoms with Crippen molar-refractivity contribution in [2.24, 2.45) is 39.3 Å². The number of carbonyl (C=O) groups is 2. The SMILES string of the molecule is CC(=O)O[C@@]12CCc3cc(c(O)c4c3CC[C@@H]3CCC[C@@H]3O4)CN3C[C@]4(CC3=O)[C@H](CC[C@@H]4c3ccccc3)CN=C(N)N[C@]3(CCCC34CCCC4)SSCCCCC[C@@H](CC1)[C@H](O)C2. The van der Waals surface area contributed by atoms with Crippen molar-refractivity contribution < 1.29 is 29.3 Å². The molecule has 6 bridgehead atoms. The number of nitrogens with one attached hydrogen (secondary N) is 1. The van der Waals surface area contributed by atoms with Crippen LogP contribution in [0.2, 0.25) is 0 Å². The number of rotatable bonds is 2. The summed E-state index contributed by atoms with van der Waals surface area (Å²) in [6, 6.07) is 12.9. The molecule has 3 spiro atoms. The minimum atomic E-state index is -0.762. The number of aromatic hydroxyl groups is 1. The van der Waals surface area contributed by atoms with Crippen LogP contribution >= 0.6 is 21.6 Å². The molecule has 5 saturated carbocycles. The van der Waals surface area contributed by atoms with Crippen LogP contribution in [-0.2, 0) is 33.7 Å². The molecule has 9 atom stereocenters. The lowest BCUT2D eigenvalue weighted by molar-refractivity contribution is -0.168. The summed E-state index contributed by atoms with van der Waals surface area (Å²) in [5.41, 5.74) is 10.3. The highest BCUT2D eigenvalue weighted by molar-refractivity contribution is 8.77. The second-order valence-corrected chi connectivity index (χ2v) is 25.0. The second kappa shape index (κ2) is 19.4. The van der Waals surface area contributed by atoms with Crippen LogP contribution in [0.25, 0.3) is 0 Å². The number of esters is 1. The van der Waals surface area contributed by atoms with E-state index in [4.69, 9.17) is 20.2 Å². The molecule has 5 N–H and O–H groups in total. The zero-order valence-corrected chi connectivity index (χ0v) is 41.2. The van der Waals surface area contributed by atoms with Gasteiger partial charge in [-0.25, -0.2) is 0 Å². The zero-order valence-electron chi connectivity index (χ0n) is 39.5. The van der Waals surface area contributed by atoms with E-state index in [0.717, 1.165) is 107 Å². The highest BCUT2D eigenvalue weighted by Crippen LogP contribution is 2.63. The maximum Gasteiger partial charge on any atom is 0.303 e. The number of guanidine groups is 1. The molecule has 66 heavy (non-hydrogen) atoms. The Morgan fingerprint density at radius 1 is 0.894 bits per heavy atom. The largest absolute Gasteiger partial charge is 0.504 e. The summed E-state index contributed by atoms with van der Waals surface area (Å²) in [5.74, 6) is 3.20. The molecule has 0 radical (unpaired) electrons. The molecule has 1 saturated heterocycles. The predicted molar refractivity (Wildman–Crippen MR) is 264 cm³/mol. The van der Waals surface area contributed by atoms with Crippen LogP contribution in [0.3, 0.4) is 0 Å². The van der Waals surface area contributed by atoms with Crippen molar-refractivity contribution in [3.8, 4) is 11.5 Å². The predicted octanol–water partition coefficient (Wildman–Crippen LogP) is 10.5. The summed E-state index contributed by atoms with van der Waals surface area (Å²) < 4.78 is 13.1. The number of nitrogens with zero attached hydrogens (tertiary/aromatic N) is 2. The lowest BCUT2D eigenvalue weighted by Gasteiger charge is -2.44. The summed E-state index contributed by atoms with van der Waals surface area (Å²) in [5, 5.41) is 28.0. The number of phenolic OH excluding ortho intramolecular Hbond substituents is 1. The Kier molecular flexibility index (Phi) is 13.7. The Bertz CT molecular complexity index is 2110. The fraction of sp³-hybridized carbons (Fsp3) is 0.722. The number of fused-ring (bicyclic) bond motifs is 13. The molecule has 10 nitrogen and oxygen atoms in total. The first-order valence-corrected chi connectivity index (χ1v) is 28.4. The van der Waals surface area contributed by atoms with Crippen molar-refractivity contribution in [1.82, 2.24) is 10.2 Å². The molecule has 6 fully saturated rings. The summed E-state index contributed by atoms with van der Waals surface area (Å²) >= 11 is 0. The van der Waals surface area contributed by atoms with Gasteiger partial charge in [0.05, 0.1) is 6.10 Å². The molecule has 4 heterocycles. The second-order valence-electron chi connectivity index (χ2n) is 22.3. The van der Waals surface area contributed by atoms with Gasteiger partial charge in [0.2, 0.25) is 5.91 Å². The number of phenols is 1. The lowest BCUT2D eigenvalue weighted by Crippen LogP contribution is -2.55. The van der Waals surface area contributed by atoms with Crippen LogP contribution in [0.15, 0.2) is 41.4 Å². The van der Waals surface area contributed by atoms with Gasteiger partial charge in [0.1, 0.15) is 16.6 Å². The zero-order chi connectivity index (χ0) is 45.5. The van der Waals surface area contributed by atoms with Crippen molar-refractivity contribution in [2.45, 2.75) is 196 Å². The molecule has 11 rings (SSSR count). The smallest absolute Gasteiger partial charge is 0.303 e. The third-order valence-corrected chi connectivity index (χ3v) is 21.9. The Hall–Kier alpha value is -3.09. The number of aryl methyl sites for hydroxylation is 1. The highest BCUT2D eigenvalue weighted by atomic mass is 33.1. The molecule has 1 amide bonds. The van der Waals surface area contributed by atoms with E-state index in [9.17, 15) is 19.8 Å². The Labute approximate surface area is 401 Å². The number of hydrogen-bond acceptors (Lipinski definition) is 11. The van der Waals surface area contributed by atoms with Gasteiger partial charge in [-0.15, -0.1) is 0 Å². The van der Waals surface area contributed by atoms with Gasteiger partial charge in [0.25, 0.3) is 0 Å². The van der Waals surface area contributed by atoms with Crippen LogP contribution in [0.5, 0.6) is 11.5 Å². The van der Waals surface area contributed by atoms with Crippen molar-refractivity contribution >= 4 is 39.4 Å². The minimum Gasteiger partial charge on any atom is -0.504 e. The van der Waals surface area contributed by atoms with E-state index in [1.165, 1.54) is 51.0 Å². The van der Waals surface area contributed by atoms with Crippen LogP contribution in [0, 0.1) is 28.6 Å². The number of carbonyl (C=O) groups excluding carboxylic acids is 2. The number of aliphatic hydroxyl groups is 1. The van der Waals surface area contributed by atoms with E-state index < -0.39 is 11.7 Å². The van der Waals surface area contributed by atoms with Gasteiger partial charge in [-0.05, 0) is 156 Å². The number of hydrogen-bond donors (Lipinski definition) is 4. The number of nitrogens with two attached hydrogens (primary N) is 1. The Balaban J connectivity index is 1.00. The number of aliphatic hydroxyl groups excluding tert-OH is 1. The van der Waals surface area contributed by atoms with Crippen LogP contribution in [0.1, 0.15) is 176 Å². The first kappa shape index (κ1) is 46.6. The average Bonchev–Trinajstić information content (AvgIpc) is 4.13. The molecular weight excluding hydrogens is 865 g/mol. The molecule has 360 valence electrons.